The number of aliphatic hydroxyl groups excluding tert-OH is 2. The van der Waals surface area contributed by atoms with Crippen LogP contribution in [0.4, 0.5) is 4.79 Å². The van der Waals surface area contributed by atoms with E-state index in [1.165, 1.54) is 0 Å². The fourth-order valence-electron chi connectivity index (χ4n) is 0.292. The van der Waals surface area contributed by atoms with Crippen molar-refractivity contribution in [2.24, 2.45) is 0 Å². The molecule has 2 aliphatic heterocycles. The van der Waals surface area contributed by atoms with Gasteiger partial charge < -0.3 is 24.4 Å². The first-order valence-electron chi connectivity index (χ1n) is 4.72. The number of hydrogen-bond donors (Lipinski definition) is 2. The fraction of sp³-hybridized carbons (Fsp3) is 0.667. The molecule has 2 aliphatic rings. The first kappa shape index (κ1) is 22.1. The molecule has 2 fully saturated rings. The van der Waals surface area contributed by atoms with Gasteiger partial charge in [-0.2, -0.15) is 19.2 Å². The summed E-state index contributed by atoms with van der Waals surface area (Å²) in [4.78, 5) is 42.3. The SMILES string of the molecule is C1CO1.O=C1OCCO1.O=C=O.O=C=O.OCCO. The summed E-state index contributed by atoms with van der Waals surface area (Å²) in [6, 6.07) is 0. The summed E-state index contributed by atoms with van der Waals surface area (Å²) >= 11 is 0. The lowest BCUT2D eigenvalue weighted by Gasteiger charge is -1.78. The molecular weight excluding hydrogens is 268 g/mol. The van der Waals surface area contributed by atoms with Gasteiger partial charge in [0.05, 0.1) is 26.4 Å². The Morgan fingerprint density at radius 1 is 0.842 bits per heavy atom. The van der Waals surface area contributed by atoms with E-state index < -0.39 is 6.16 Å². The van der Waals surface area contributed by atoms with Crippen molar-refractivity contribution in [2.45, 2.75) is 0 Å². The molecule has 2 saturated heterocycles. The molecule has 10 nitrogen and oxygen atoms in total. The van der Waals surface area contributed by atoms with Crippen LogP contribution in [0.5, 0.6) is 0 Å². The summed E-state index contributed by atoms with van der Waals surface area (Å²) in [5.41, 5.74) is 0. The molecule has 0 radical (unpaired) electrons. The van der Waals surface area contributed by atoms with Crippen molar-refractivity contribution in [1.82, 2.24) is 0 Å². The molecule has 0 atom stereocenters. The van der Waals surface area contributed by atoms with Gasteiger partial charge in [0.25, 0.3) is 0 Å². The molecule has 2 N–H and O–H groups in total. The number of rotatable bonds is 1. The average molecular weight is 282 g/mol. The highest BCUT2D eigenvalue weighted by Gasteiger charge is 2.09. The molecule has 0 amide bonds. The van der Waals surface area contributed by atoms with Gasteiger partial charge in [-0.25, -0.2) is 4.79 Å². The van der Waals surface area contributed by atoms with E-state index in [-0.39, 0.29) is 25.5 Å². The first-order chi connectivity index (χ1) is 9.14. The Morgan fingerprint density at radius 3 is 1.16 bits per heavy atom. The van der Waals surface area contributed by atoms with Crippen LogP contribution in [-0.4, -0.2) is 68.3 Å². The second kappa shape index (κ2) is 24.9. The molecular formula is C9H14O10. The van der Waals surface area contributed by atoms with Crippen LogP contribution < -0.4 is 0 Å². The highest BCUT2D eigenvalue weighted by molar-refractivity contribution is 5.61. The number of ether oxygens (including phenoxy) is 3. The third-order valence-electron chi connectivity index (χ3n) is 0.827. The van der Waals surface area contributed by atoms with Gasteiger partial charge in [0.15, 0.2) is 0 Å². The highest BCUT2D eigenvalue weighted by Crippen LogP contribution is 1.92. The Hall–Kier alpha value is -2.09. The van der Waals surface area contributed by atoms with Gasteiger partial charge in [0.1, 0.15) is 13.2 Å². The zero-order chi connectivity index (χ0) is 15.4. The normalized spacial score (nSPS) is 12.4. The molecule has 0 spiro atoms. The molecule has 19 heavy (non-hydrogen) atoms. The fourth-order valence-corrected chi connectivity index (χ4v) is 0.292. The molecule has 0 saturated carbocycles. The van der Waals surface area contributed by atoms with Crippen LogP contribution >= 0.6 is 0 Å². The Balaban J connectivity index is -0.000000176. The van der Waals surface area contributed by atoms with Crippen LogP contribution in [0.15, 0.2) is 0 Å². The van der Waals surface area contributed by atoms with Crippen LogP contribution in [-0.2, 0) is 33.4 Å². The Labute approximate surface area is 107 Å². The molecule has 10 heteroatoms. The first-order valence-corrected chi connectivity index (χ1v) is 4.72. The summed E-state index contributed by atoms with van der Waals surface area (Å²) in [5, 5.41) is 15.2. The van der Waals surface area contributed by atoms with Gasteiger partial charge >= 0.3 is 18.5 Å². The van der Waals surface area contributed by atoms with Crippen molar-refractivity contribution in [1.29, 1.82) is 0 Å². The van der Waals surface area contributed by atoms with E-state index in [9.17, 15) is 4.79 Å². The number of carbonyl (C=O) groups excluding carboxylic acids is 5. The van der Waals surface area contributed by atoms with Crippen molar-refractivity contribution in [3.63, 3.8) is 0 Å². The van der Waals surface area contributed by atoms with E-state index in [2.05, 4.69) is 14.2 Å². The van der Waals surface area contributed by atoms with Crippen molar-refractivity contribution in [2.75, 3.05) is 39.6 Å². The van der Waals surface area contributed by atoms with Crippen molar-refractivity contribution < 1.29 is 48.4 Å². The van der Waals surface area contributed by atoms with Gasteiger partial charge in [-0.1, -0.05) is 0 Å². The van der Waals surface area contributed by atoms with Crippen LogP contribution in [0.2, 0.25) is 0 Å². The zero-order valence-electron chi connectivity index (χ0n) is 9.90. The average Bonchev–Trinajstić information content (AvgIpc) is 3.20. The van der Waals surface area contributed by atoms with Crippen LogP contribution in [0, 0.1) is 0 Å². The Morgan fingerprint density at radius 2 is 1.11 bits per heavy atom. The second-order valence-corrected chi connectivity index (χ2v) is 2.17. The summed E-state index contributed by atoms with van der Waals surface area (Å²) in [7, 11) is 0. The van der Waals surface area contributed by atoms with E-state index >= 15 is 0 Å². The Bertz CT molecular complexity index is 225. The van der Waals surface area contributed by atoms with Crippen LogP contribution in [0.25, 0.3) is 0 Å². The van der Waals surface area contributed by atoms with Gasteiger partial charge in [0.2, 0.25) is 0 Å². The minimum absolute atomic E-state index is 0.125. The summed E-state index contributed by atoms with van der Waals surface area (Å²) < 4.78 is 13.1. The van der Waals surface area contributed by atoms with E-state index in [1.54, 1.807) is 0 Å². The molecule has 0 aromatic heterocycles. The molecule has 0 aromatic rings. The van der Waals surface area contributed by atoms with Crippen molar-refractivity contribution in [3.05, 3.63) is 0 Å². The quantitative estimate of drug-likeness (QED) is 0.406. The number of carbonyl (C=O) groups is 1. The van der Waals surface area contributed by atoms with Gasteiger partial charge in [-0.05, 0) is 0 Å². The molecule has 0 unspecified atom stereocenters. The molecule has 0 aliphatic carbocycles. The number of epoxide rings is 1. The van der Waals surface area contributed by atoms with Crippen LogP contribution in [0.3, 0.4) is 0 Å². The van der Waals surface area contributed by atoms with Crippen molar-refractivity contribution in [3.8, 4) is 0 Å². The van der Waals surface area contributed by atoms with E-state index in [1.807, 2.05) is 0 Å². The smallest absolute Gasteiger partial charge is 0.431 e. The number of cyclic esters (lactones) is 2. The standard InChI is InChI=1S/C3H4O3.C2H6O2.C2H4O.2CO2/c4-3-5-1-2-6-3;3-1-2-4;1-2-3-1;2*2-1-3/h1-2H2;3-4H,1-2H2;1-2H2;;. The molecule has 0 aromatic carbocycles. The molecule has 2 heterocycles. The van der Waals surface area contributed by atoms with Gasteiger partial charge in [-0.15, -0.1) is 0 Å². The van der Waals surface area contributed by atoms with E-state index in [0.717, 1.165) is 13.2 Å². The van der Waals surface area contributed by atoms with E-state index in [4.69, 9.17) is 29.4 Å². The minimum Gasteiger partial charge on any atom is -0.431 e. The minimum atomic E-state index is -0.546. The zero-order valence-corrected chi connectivity index (χ0v) is 9.90. The van der Waals surface area contributed by atoms with E-state index in [0.29, 0.717) is 13.2 Å². The largest absolute Gasteiger partial charge is 0.508 e. The van der Waals surface area contributed by atoms with Gasteiger partial charge in [-0.3, -0.25) is 0 Å². The van der Waals surface area contributed by atoms with Crippen molar-refractivity contribution >= 4 is 18.5 Å². The maximum atomic E-state index is 9.80. The third-order valence-corrected chi connectivity index (χ3v) is 0.827. The van der Waals surface area contributed by atoms with Crippen LogP contribution in [0.1, 0.15) is 0 Å². The maximum absolute atomic E-state index is 9.80. The number of hydrogen-bond acceptors (Lipinski definition) is 10. The topological polar surface area (TPSA) is 157 Å². The molecule has 110 valence electrons. The third kappa shape index (κ3) is 64.5. The lowest BCUT2D eigenvalue weighted by atomic mass is 10.8. The maximum Gasteiger partial charge on any atom is 0.508 e. The monoisotopic (exact) mass is 282 g/mol. The lowest BCUT2D eigenvalue weighted by Crippen LogP contribution is -1.88. The molecule has 0 bridgehead atoms. The Kier molecular flexibility index (Phi) is 29.0. The predicted octanol–water partition coefficient (Wildman–Crippen LogP) is -2.03. The lowest BCUT2D eigenvalue weighted by molar-refractivity contribution is -0.193. The summed E-state index contributed by atoms with van der Waals surface area (Å²) in [5.74, 6) is 0. The summed E-state index contributed by atoms with van der Waals surface area (Å²) in [6.07, 6.45) is -0.0463. The number of aliphatic hydroxyl groups is 2. The predicted molar refractivity (Wildman–Crippen MR) is 52.3 cm³/mol. The summed E-state index contributed by atoms with van der Waals surface area (Å²) in [6.45, 7) is 2.58. The highest BCUT2D eigenvalue weighted by atomic mass is 16.8. The molecule has 2 rings (SSSR count). The second-order valence-electron chi connectivity index (χ2n) is 2.17. The van der Waals surface area contributed by atoms with Gasteiger partial charge in [0, 0.05) is 0 Å².